The Morgan fingerprint density at radius 3 is 2.24 bits per heavy atom. The fourth-order valence-electron chi connectivity index (χ4n) is 3.15. The summed E-state index contributed by atoms with van der Waals surface area (Å²) in [7, 11) is 0. The van der Waals surface area contributed by atoms with Crippen molar-refractivity contribution in [2.75, 3.05) is 19.6 Å². The zero-order valence-corrected chi connectivity index (χ0v) is 15.0. The monoisotopic (exact) mass is 335 g/mol. The molecule has 0 N–H and O–H groups in total. The van der Waals surface area contributed by atoms with Gasteiger partial charge in [-0.25, -0.2) is 4.68 Å². The second-order valence-corrected chi connectivity index (χ2v) is 6.21. The number of hydrogen-bond acceptors (Lipinski definition) is 3. The molecule has 1 heterocycles. The lowest BCUT2D eigenvalue weighted by Crippen LogP contribution is -2.32. The van der Waals surface area contributed by atoms with Crippen LogP contribution in [0.1, 0.15) is 25.1 Å². The molecule has 0 saturated heterocycles. The molecule has 2 aromatic carbocycles. The SMILES string of the molecule is CCN(CC)CCn1nc(Cc2ccccc2)c2ccccc2c1=O. The van der Waals surface area contributed by atoms with Crippen molar-refractivity contribution in [3.63, 3.8) is 0 Å². The number of hydrogen-bond donors (Lipinski definition) is 0. The van der Waals surface area contributed by atoms with Gasteiger partial charge in [-0.3, -0.25) is 4.79 Å². The van der Waals surface area contributed by atoms with Crippen molar-refractivity contribution in [1.29, 1.82) is 0 Å². The molecule has 0 saturated carbocycles. The van der Waals surface area contributed by atoms with E-state index < -0.39 is 0 Å². The summed E-state index contributed by atoms with van der Waals surface area (Å²) in [5, 5.41) is 6.42. The molecule has 0 spiro atoms. The van der Waals surface area contributed by atoms with Crippen LogP contribution in [-0.2, 0) is 13.0 Å². The van der Waals surface area contributed by atoms with Crippen molar-refractivity contribution in [2.45, 2.75) is 26.8 Å². The Balaban J connectivity index is 2.00. The maximum Gasteiger partial charge on any atom is 0.274 e. The van der Waals surface area contributed by atoms with Crippen molar-refractivity contribution in [3.05, 3.63) is 76.2 Å². The quantitative estimate of drug-likeness (QED) is 0.665. The van der Waals surface area contributed by atoms with Crippen molar-refractivity contribution in [2.24, 2.45) is 0 Å². The van der Waals surface area contributed by atoms with Gasteiger partial charge < -0.3 is 4.90 Å². The summed E-state index contributed by atoms with van der Waals surface area (Å²) in [6.45, 7) is 7.70. The first kappa shape index (κ1) is 17.4. The van der Waals surface area contributed by atoms with Gasteiger partial charge in [0.25, 0.3) is 5.56 Å². The number of nitrogens with zero attached hydrogens (tertiary/aromatic N) is 3. The third-order valence-corrected chi connectivity index (χ3v) is 4.68. The average molecular weight is 335 g/mol. The number of aromatic nitrogens is 2. The molecule has 3 aromatic rings. The molecule has 0 amide bonds. The third kappa shape index (κ3) is 3.97. The van der Waals surface area contributed by atoms with Crippen LogP contribution in [0.15, 0.2) is 59.4 Å². The number of fused-ring (bicyclic) bond motifs is 1. The number of benzene rings is 2. The van der Waals surface area contributed by atoms with Gasteiger partial charge in [-0.15, -0.1) is 0 Å². The molecule has 0 radical (unpaired) electrons. The zero-order chi connectivity index (χ0) is 17.6. The van der Waals surface area contributed by atoms with Crippen LogP contribution < -0.4 is 5.56 Å². The summed E-state index contributed by atoms with van der Waals surface area (Å²) >= 11 is 0. The molecule has 130 valence electrons. The van der Waals surface area contributed by atoms with Crippen LogP contribution in [0, 0.1) is 0 Å². The number of rotatable bonds is 7. The molecule has 3 rings (SSSR count). The van der Waals surface area contributed by atoms with Gasteiger partial charge in [0.05, 0.1) is 17.6 Å². The standard InChI is InChI=1S/C21H25N3O/c1-3-23(4-2)14-15-24-21(25)19-13-9-8-12-18(19)20(22-24)16-17-10-6-5-7-11-17/h5-13H,3-4,14-16H2,1-2H3. The number of likely N-dealkylation sites (N-methyl/N-ethyl adjacent to an activating group) is 1. The van der Waals surface area contributed by atoms with Crippen molar-refractivity contribution in [3.8, 4) is 0 Å². The molecule has 0 fully saturated rings. The van der Waals surface area contributed by atoms with Crippen molar-refractivity contribution in [1.82, 2.24) is 14.7 Å². The zero-order valence-electron chi connectivity index (χ0n) is 15.0. The lowest BCUT2D eigenvalue weighted by atomic mass is 10.0. The maximum atomic E-state index is 12.8. The van der Waals surface area contributed by atoms with Gasteiger partial charge in [0.1, 0.15) is 0 Å². The van der Waals surface area contributed by atoms with Gasteiger partial charge in [-0.1, -0.05) is 62.4 Å². The summed E-state index contributed by atoms with van der Waals surface area (Å²) in [6.07, 6.45) is 0.729. The largest absolute Gasteiger partial charge is 0.302 e. The van der Waals surface area contributed by atoms with E-state index in [4.69, 9.17) is 5.10 Å². The fraction of sp³-hybridized carbons (Fsp3) is 0.333. The van der Waals surface area contributed by atoms with Crippen LogP contribution in [0.3, 0.4) is 0 Å². The highest BCUT2D eigenvalue weighted by Gasteiger charge is 2.11. The maximum absolute atomic E-state index is 12.8. The molecule has 0 aliphatic carbocycles. The summed E-state index contributed by atoms with van der Waals surface area (Å²) in [4.78, 5) is 15.1. The van der Waals surface area contributed by atoms with Crippen LogP contribution in [-0.4, -0.2) is 34.3 Å². The molecule has 0 unspecified atom stereocenters. The van der Waals surface area contributed by atoms with E-state index in [1.807, 2.05) is 42.5 Å². The minimum atomic E-state index is -0.000400. The first-order chi connectivity index (χ1) is 12.2. The second kappa shape index (κ2) is 8.08. The van der Waals surface area contributed by atoms with E-state index in [1.54, 1.807) is 4.68 Å². The minimum Gasteiger partial charge on any atom is -0.302 e. The van der Waals surface area contributed by atoms with Gasteiger partial charge in [-0.2, -0.15) is 5.10 Å². The van der Waals surface area contributed by atoms with E-state index >= 15 is 0 Å². The second-order valence-electron chi connectivity index (χ2n) is 6.21. The van der Waals surface area contributed by atoms with Crippen molar-refractivity contribution < 1.29 is 0 Å². The first-order valence-corrected chi connectivity index (χ1v) is 8.98. The van der Waals surface area contributed by atoms with Crippen LogP contribution in [0.25, 0.3) is 10.8 Å². The molecule has 0 aliphatic rings. The molecule has 4 heteroatoms. The topological polar surface area (TPSA) is 38.1 Å². The van der Waals surface area contributed by atoms with E-state index in [0.29, 0.717) is 6.54 Å². The molecule has 0 aliphatic heterocycles. The normalized spacial score (nSPS) is 11.3. The lowest BCUT2D eigenvalue weighted by molar-refractivity contribution is 0.282. The average Bonchev–Trinajstić information content (AvgIpc) is 2.66. The Morgan fingerprint density at radius 2 is 1.56 bits per heavy atom. The summed E-state index contributed by atoms with van der Waals surface area (Å²) in [5.41, 5.74) is 2.16. The summed E-state index contributed by atoms with van der Waals surface area (Å²) < 4.78 is 1.64. The molecule has 25 heavy (non-hydrogen) atoms. The highest BCUT2D eigenvalue weighted by molar-refractivity contribution is 5.83. The van der Waals surface area contributed by atoms with Gasteiger partial charge >= 0.3 is 0 Å². The summed E-state index contributed by atoms with van der Waals surface area (Å²) in [5.74, 6) is 0. The Hall–Kier alpha value is -2.46. The molecule has 4 nitrogen and oxygen atoms in total. The first-order valence-electron chi connectivity index (χ1n) is 8.98. The molecular weight excluding hydrogens is 310 g/mol. The summed E-state index contributed by atoms with van der Waals surface area (Å²) in [6, 6.07) is 18.1. The molecule has 0 bridgehead atoms. The Kier molecular flexibility index (Phi) is 5.61. The molecule has 0 atom stereocenters. The van der Waals surface area contributed by atoms with Crippen LogP contribution in [0.2, 0.25) is 0 Å². The predicted molar refractivity (Wildman–Crippen MR) is 103 cm³/mol. The van der Waals surface area contributed by atoms with Gasteiger partial charge in [-0.05, 0) is 24.7 Å². The van der Waals surface area contributed by atoms with E-state index in [-0.39, 0.29) is 5.56 Å². The Morgan fingerprint density at radius 1 is 0.920 bits per heavy atom. The Labute approximate surface area is 148 Å². The predicted octanol–water partition coefficient (Wildman–Crippen LogP) is 3.33. The van der Waals surface area contributed by atoms with Crippen LogP contribution in [0.5, 0.6) is 0 Å². The highest BCUT2D eigenvalue weighted by atomic mass is 16.1. The van der Waals surface area contributed by atoms with Crippen LogP contribution >= 0.6 is 0 Å². The lowest BCUT2D eigenvalue weighted by Gasteiger charge is -2.18. The van der Waals surface area contributed by atoms with Gasteiger partial charge in [0.15, 0.2) is 0 Å². The van der Waals surface area contributed by atoms with Crippen LogP contribution in [0.4, 0.5) is 0 Å². The smallest absolute Gasteiger partial charge is 0.274 e. The fourth-order valence-corrected chi connectivity index (χ4v) is 3.15. The van der Waals surface area contributed by atoms with E-state index in [2.05, 4.69) is 30.9 Å². The molecular formula is C21H25N3O. The molecule has 1 aromatic heterocycles. The van der Waals surface area contributed by atoms with E-state index in [9.17, 15) is 4.79 Å². The van der Waals surface area contributed by atoms with E-state index in [1.165, 1.54) is 5.56 Å². The minimum absolute atomic E-state index is 0.000400. The van der Waals surface area contributed by atoms with E-state index in [0.717, 1.165) is 42.5 Å². The van der Waals surface area contributed by atoms with Crippen molar-refractivity contribution >= 4 is 10.8 Å². The Bertz CT molecular complexity index is 883. The third-order valence-electron chi connectivity index (χ3n) is 4.68. The van der Waals surface area contributed by atoms with Gasteiger partial charge in [0.2, 0.25) is 0 Å². The van der Waals surface area contributed by atoms with Gasteiger partial charge in [0, 0.05) is 18.4 Å². The highest BCUT2D eigenvalue weighted by Crippen LogP contribution is 2.16.